The third kappa shape index (κ3) is 3.63. The molecule has 1 atom stereocenters. The maximum absolute atomic E-state index is 12.5. The Balaban J connectivity index is 3.00. The summed E-state index contributed by atoms with van der Waals surface area (Å²) in [7, 11) is 0. The Morgan fingerprint density at radius 1 is 1.11 bits per heavy atom. The van der Waals surface area contributed by atoms with Gasteiger partial charge in [0.25, 0.3) is 0 Å². The van der Waals surface area contributed by atoms with Crippen molar-refractivity contribution in [2.75, 3.05) is 0 Å². The lowest BCUT2D eigenvalue weighted by Crippen LogP contribution is -2.30. The van der Waals surface area contributed by atoms with Crippen LogP contribution in [0.4, 0.5) is 26.3 Å². The van der Waals surface area contributed by atoms with E-state index in [2.05, 4.69) is 0 Å². The van der Waals surface area contributed by atoms with Gasteiger partial charge < -0.3 is 5.11 Å². The van der Waals surface area contributed by atoms with Crippen molar-refractivity contribution in [1.29, 1.82) is 0 Å². The fourth-order valence-corrected chi connectivity index (χ4v) is 1.44. The summed E-state index contributed by atoms with van der Waals surface area (Å²) in [4.78, 5) is 0. The summed E-state index contributed by atoms with van der Waals surface area (Å²) in [5, 5.41) is 8.80. The number of aliphatic hydroxyl groups is 1. The van der Waals surface area contributed by atoms with Crippen LogP contribution in [-0.4, -0.2) is 17.4 Å². The standard InChI is InChI=1S/C11H10F6O/c1-6-2-3-7(4-8(6)10(12,13)14)5-9(18)11(15,16)17/h2-4,9,18H,5H2,1H3. The molecule has 0 fully saturated rings. The van der Waals surface area contributed by atoms with E-state index in [-0.39, 0.29) is 11.1 Å². The molecule has 1 aromatic rings. The van der Waals surface area contributed by atoms with Crippen LogP contribution < -0.4 is 0 Å². The molecule has 1 rings (SSSR count). The fraction of sp³-hybridized carbons (Fsp3) is 0.455. The fourth-order valence-electron chi connectivity index (χ4n) is 1.44. The van der Waals surface area contributed by atoms with Gasteiger partial charge in [-0.3, -0.25) is 0 Å². The molecule has 0 heterocycles. The molecule has 0 aliphatic carbocycles. The highest BCUT2D eigenvalue weighted by molar-refractivity contribution is 5.33. The molecular formula is C11H10F6O. The van der Waals surface area contributed by atoms with Crippen LogP contribution in [0.5, 0.6) is 0 Å². The van der Waals surface area contributed by atoms with Crippen molar-refractivity contribution in [2.24, 2.45) is 0 Å². The van der Waals surface area contributed by atoms with Crippen molar-refractivity contribution < 1.29 is 31.4 Å². The monoisotopic (exact) mass is 272 g/mol. The van der Waals surface area contributed by atoms with Crippen molar-refractivity contribution in [3.63, 3.8) is 0 Å². The Bertz CT molecular complexity index is 421. The molecule has 0 bridgehead atoms. The van der Waals surface area contributed by atoms with E-state index in [4.69, 9.17) is 5.11 Å². The van der Waals surface area contributed by atoms with Gasteiger partial charge >= 0.3 is 12.4 Å². The van der Waals surface area contributed by atoms with E-state index in [0.29, 0.717) is 6.07 Å². The second-order valence-electron chi connectivity index (χ2n) is 3.91. The lowest BCUT2D eigenvalue weighted by Gasteiger charge is -2.16. The molecule has 0 aliphatic rings. The Hall–Kier alpha value is -1.24. The Morgan fingerprint density at radius 2 is 1.67 bits per heavy atom. The van der Waals surface area contributed by atoms with Gasteiger partial charge in [0.1, 0.15) is 0 Å². The van der Waals surface area contributed by atoms with Crippen LogP contribution in [0.25, 0.3) is 0 Å². The molecule has 0 amide bonds. The molecule has 1 N–H and O–H groups in total. The zero-order chi connectivity index (χ0) is 14.1. The summed E-state index contributed by atoms with van der Waals surface area (Å²) in [5.41, 5.74) is -1.28. The normalized spacial score (nSPS) is 14.7. The number of benzene rings is 1. The molecule has 0 aliphatic heterocycles. The number of hydrogen-bond donors (Lipinski definition) is 1. The van der Waals surface area contributed by atoms with Crippen molar-refractivity contribution in [3.05, 3.63) is 34.9 Å². The van der Waals surface area contributed by atoms with Crippen molar-refractivity contribution in [2.45, 2.75) is 31.8 Å². The van der Waals surface area contributed by atoms with E-state index in [0.717, 1.165) is 12.1 Å². The highest BCUT2D eigenvalue weighted by Gasteiger charge is 2.38. The van der Waals surface area contributed by atoms with Crippen LogP contribution in [0.2, 0.25) is 0 Å². The number of halogens is 6. The van der Waals surface area contributed by atoms with Gasteiger partial charge in [0.2, 0.25) is 0 Å². The zero-order valence-electron chi connectivity index (χ0n) is 9.23. The maximum atomic E-state index is 12.5. The molecule has 0 saturated heterocycles. The Morgan fingerprint density at radius 3 is 2.11 bits per heavy atom. The lowest BCUT2D eigenvalue weighted by molar-refractivity contribution is -0.203. The van der Waals surface area contributed by atoms with Gasteiger partial charge in [-0.25, -0.2) is 0 Å². The SMILES string of the molecule is Cc1ccc(CC(O)C(F)(F)F)cc1C(F)(F)F. The van der Waals surface area contributed by atoms with Gasteiger partial charge in [-0.05, 0) is 24.1 Å². The number of hydrogen-bond acceptors (Lipinski definition) is 1. The summed E-state index contributed by atoms with van der Waals surface area (Å²) in [5.74, 6) is 0. The second-order valence-corrected chi connectivity index (χ2v) is 3.91. The number of aryl methyl sites for hydroxylation is 1. The van der Waals surface area contributed by atoms with Crippen LogP contribution in [0.15, 0.2) is 18.2 Å². The topological polar surface area (TPSA) is 20.2 Å². The van der Waals surface area contributed by atoms with Crippen LogP contribution >= 0.6 is 0 Å². The Labute approximate surface area is 99.0 Å². The first-order chi connectivity index (χ1) is 8.01. The maximum Gasteiger partial charge on any atom is 0.416 e. The molecule has 0 aromatic heterocycles. The molecule has 1 nitrogen and oxygen atoms in total. The summed E-state index contributed by atoms with van der Waals surface area (Å²) >= 11 is 0. The van der Waals surface area contributed by atoms with Crippen LogP contribution in [0.1, 0.15) is 16.7 Å². The first kappa shape index (κ1) is 14.8. The predicted octanol–water partition coefficient (Wildman–Crippen LogP) is 3.48. The third-order valence-corrected chi connectivity index (χ3v) is 2.41. The van der Waals surface area contributed by atoms with Gasteiger partial charge in [-0.1, -0.05) is 12.1 Å². The number of rotatable bonds is 2. The van der Waals surface area contributed by atoms with E-state index in [1.54, 1.807) is 0 Å². The van der Waals surface area contributed by atoms with E-state index in [1.807, 2.05) is 0 Å². The molecular weight excluding hydrogens is 262 g/mol. The van der Waals surface area contributed by atoms with Gasteiger partial charge in [0, 0.05) is 6.42 Å². The van der Waals surface area contributed by atoms with Crippen molar-refractivity contribution >= 4 is 0 Å². The van der Waals surface area contributed by atoms with E-state index >= 15 is 0 Å². The quantitative estimate of drug-likeness (QED) is 0.817. The molecule has 102 valence electrons. The average molecular weight is 272 g/mol. The van der Waals surface area contributed by atoms with Crippen molar-refractivity contribution in [1.82, 2.24) is 0 Å². The summed E-state index contributed by atoms with van der Waals surface area (Å²) < 4.78 is 73.8. The molecule has 7 heteroatoms. The average Bonchev–Trinajstić information content (AvgIpc) is 2.17. The largest absolute Gasteiger partial charge is 0.416 e. The number of aliphatic hydroxyl groups excluding tert-OH is 1. The predicted molar refractivity (Wildman–Crippen MR) is 51.9 cm³/mol. The van der Waals surface area contributed by atoms with Crippen LogP contribution in [-0.2, 0) is 12.6 Å². The minimum Gasteiger partial charge on any atom is -0.383 e. The molecule has 1 aromatic carbocycles. The first-order valence-electron chi connectivity index (χ1n) is 4.93. The minimum atomic E-state index is -4.84. The minimum absolute atomic E-state index is 0.0762. The first-order valence-corrected chi connectivity index (χ1v) is 4.93. The van der Waals surface area contributed by atoms with Gasteiger partial charge in [0.15, 0.2) is 6.10 Å². The van der Waals surface area contributed by atoms with E-state index in [1.165, 1.54) is 6.92 Å². The van der Waals surface area contributed by atoms with Gasteiger partial charge in [0.05, 0.1) is 5.56 Å². The molecule has 0 radical (unpaired) electrons. The molecule has 18 heavy (non-hydrogen) atoms. The van der Waals surface area contributed by atoms with Crippen molar-refractivity contribution in [3.8, 4) is 0 Å². The second kappa shape index (κ2) is 4.79. The number of alkyl halides is 6. The summed E-state index contributed by atoms with van der Waals surface area (Å²) in [6, 6.07) is 2.85. The smallest absolute Gasteiger partial charge is 0.383 e. The van der Waals surface area contributed by atoms with Gasteiger partial charge in [-0.15, -0.1) is 0 Å². The van der Waals surface area contributed by atoms with E-state index in [9.17, 15) is 26.3 Å². The highest BCUT2D eigenvalue weighted by atomic mass is 19.4. The lowest BCUT2D eigenvalue weighted by atomic mass is 10.0. The summed E-state index contributed by atoms with van der Waals surface area (Å²) in [6.07, 6.45) is -13.0. The van der Waals surface area contributed by atoms with Crippen LogP contribution in [0, 0.1) is 6.92 Å². The van der Waals surface area contributed by atoms with Gasteiger partial charge in [-0.2, -0.15) is 26.3 Å². The molecule has 0 spiro atoms. The Kier molecular flexibility index (Phi) is 3.95. The summed E-state index contributed by atoms with van der Waals surface area (Å²) in [6.45, 7) is 1.22. The highest BCUT2D eigenvalue weighted by Crippen LogP contribution is 2.33. The molecule has 0 saturated carbocycles. The zero-order valence-corrected chi connectivity index (χ0v) is 9.23. The molecule has 1 unspecified atom stereocenters. The third-order valence-electron chi connectivity index (χ3n) is 2.41. The van der Waals surface area contributed by atoms with E-state index < -0.39 is 30.4 Å². The van der Waals surface area contributed by atoms with Crippen LogP contribution in [0.3, 0.4) is 0 Å².